The summed E-state index contributed by atoms with van der Waals surface area (Å²) in [5.74, 6) is -1.19. The summed E-state index contributed by atoms with van der Waals surface area (Å²) < 4.78 is 14.4. The van der Waals surface area contributed by atoms with Crippen molar-refractivity contribution >= 4 is 80.8 Å². The number of aliphatic imine (C=N–C) groups is 2. The van der Waals surface area contributed by atoms with E-state index < -0.39 is 23.1 Å². The molecule has 474 valence electrons. The van der Waals surface area contributed by atoms with Crippen LogP contribution in [0.1, 0.15) is 87.5 Å². The number of cyclic esters (lactones) is 2. The highest BCUT2D eigenvalue weighted by molar-refractivity contribution is 6.04. The Kier molecular flexibility index (Phi) is 18.6. The third kappa shape index (κ3) is 13.4. The van der Waals surface area contributed by atoms with Gasteiger partial charge in [-0.05, 0) is 187 Å². The SMILES string of the molecule is CN=Cc1ccc(/C(=C/C2(C=C(c3ccc(N(C)C)cc3)c3ccc(N(C)C)cc3)OC(=O)c3cc4c(cc32)C(C=C(c2ccc(N(C)C)cc2)c2ccc(N(C)C)cc2)(/C=C(\c2ccc(C=NC)cc2)c2ccc(N(C)C)cc2)OC4=O)c2ccc(N(C)C)cc2)cc1. The Hall–Kier alpha value is -11.0. The molecule has 0 amide bonds. The standard InChI is InChI=1S/C82H82N8O4/c1-83-53-55-15-19-57(20-16-55)73(59-23-35-65(36-24-59)85(3)4)49-81(51-75(61-27-39-67(40-28-61)87(7)8)62-29-41-68(42-30-62)88(9)10)77-48-78-72(47-71(77)79(91)93-81)80(92)94-82(78,50-74(58-21-17-56(18-22-58)54-84-2)60-25-37-66(38-26-60)86(5)6)52-76(63-31-43-69(44-32-63)89(11)12)64-33-45-70(46-34-64)90(13)14/h15-54H,1-14H3/b73-49-,74-50+,83-53?,84-54?. The number of ether oxygens (including phenoxy) is 2. The second-order valence-electron chi connectivity index (χ2n) is 25.2. The first kappa shape index (κ1) is 64.5. The highest BCUT2D eigenvalue weighted by atomic mass is 16.6. The van der Waals surface area contributed by atoms with E-state index in [1.54, 1.807) is 20.2 Å². The molecule has 9 aromatic carbocycles. The van der Waals surface area contributed by atoms with E-state index in [-0.39, 0.29) is 11.1 Å². The second kappa shape index (κ2) is 27.1. The van der Waals surface area contributed by atoms with Gasteiger partial charge < -0.3 is 38.9 Å². The van der Waals surface area contributed by atoms with E-state index in [0.29, 0.717) is 11.1 Å². The summed E-state index contributed by atoms with van der Waals surface area (Å²) in [7, 11) is 27.8. The number of carbonyl (C=O) groups excluding carboxylic acids is 2. The second-order valence-corrected chi connectivity index (χ2v) is 25.2. The molecule has 0 bridgehead atoms. The lowest BCUT2D eigenvalue weighted by atomic mass is 9.78. The average molecular weight is 1240 g/mol. The Morgan fingerprint density at radius 1 is 0.298 bits per heavy atom. The lowest BCUT2D eigenvalue weighted by Gasteiger charge is -2.29. The number of esters is 2. The van der Waals surface area contributed by atoms with Crippen molar-refractivity contribution < 1.29 is 19.1 Å². The normalized spacial score (nSPS) is 15.9. The van der Waals surface area contributed by atoms with E-state index in [1.807, 2.05) is 127 Å². The van der Waals surface area contributed by atoms with Gasteiger partial charge in [-0.1, -0.05) is 121 Å². The van der Waals surface area contributed by atoms with Crippen LogP contribution in [0.15, 0.2) is 241 Å². The first-order chi connectivity index (χ1) is 45.2. The van der Waals surface area contributed by atoms with Crippen molar-refractivity contribution in [2.45, 2.75) is 11.2 Å². The van der Waals surface area contributed by atoms with Crippen molar-refractivity contribution in [3.05, 3.63) is 308 Å². The van der Waals surface area contributed by atoms with Gasteiger partial charge in [-0.25, -0.2) is 9.59 Å². The Labute approximate surface area is 554 Å². The molecule has 94 heavy (non-hydrogen) atoms. The largest absolute Gasteiger partial charge is 0.442 e. The quantitative estimate of drug-likeness (QED) is 0.0542. The van der Waals surface area contributed by atoms with E-state index in [0.717, 1.165) is 112 Å². The molecule has 0 spiro atoms. The number of nitrogens with zero attached hydrogens (tertiary/aromatic N) is 8. The van der Waals surface area contributed by atoms with E-state index in [9.17, 15) is 0 Å². The van der Waals surface area contributed by atoms with Crippen molar-refractivity contribution in [3.63, 3.8) is 0 Å². The summed E-state index contributed by atoms with van der Waals surface area (Å²) in [6.07, 6.45) is 12.0. The maximum atomic E-state index is 15.6. The summed E-state index contributed by atoms with van der Waals surface area (Å²) in [5, 5.41) is 0. The van der Waals surface area contributed by atoms with Crippen molar-refractivity contribution in [2.24, 2.45) is 9.98 Å². The molecule has 0 aromatic heterocycles. The number of fused-ring (bicyclic) bond motifs is 2. The van der Waals surface area contributed by atoms with Gasteiger partial charge >= 0.3 is 11.9 Å². The van der Waals surface area contributed by atoms with Crippen LogP contribution >= 0.6 is 0 Å². The van der Waals surface area contributed by atoms with E-state index >= 15 is 9.59 Å². The molecule has 0 saturated heterocycles. The summed E-state index contributed by atoms with van der Waals surface area (Å²) in [6.45, 7) is 0. The van der Waals surface area contributed by atoms with Crippen molar-refractivity contribution in [3.8, 4) is 0 Å². The van der Waals surface area contributed by atoms with Gasteiger partial charge in [0.15, 0.2) is 11.2 Å². The summed E-state index contributed by atoms with van der Waals surface area (Å²) in [6, 6.07) is 70.8. The number of rotatable bonds is 20. The summed E-state index contributed by atoms with van der Waals surface area (Å²) >= 11 is 0. The Balaban J connectivity index is 1.30. The third-order valence-corrected chi connectivity index (χ3v) is 17.6. The van der Waals surface area contributed by atoms with Gasteiger partial charge in [-0.15, -0.1) is 0 Å². The van der Waals surface area contributed by atoms with Gasteiger partial charge in [0.1, 0.15) is 0 Å². The fourth-order valence-corrected chi connectivity index (χ4v) is 12.2. The lowest BCUT2D eigenvalue weighted by molar-refractivity contribution is 0.0294. The molecule has 2 unspecified atom stereocenters. The molecule has 2 atom stereocenters. The van der Waals surface area contributed by atoms with Crippen LogP contribution in [-0.4, -0.2) is 123 Å². The monoisotopic (exact) mass is 1240 g/mol. The molecule has 0 saturated carbocycles. The number of carbonyl (C=O) groups is 2. The van der Waals surface area contributed by atoms with Crippen molar-refractivity contribution in [2.75, 3.05) is 128 Å². The molecule has 11 rings (SSSR count). The van der Waals surface area contributed by atoms with E-state index in [1.165, 1.54) is 0 Å². The molecular weight excluding hydrogens is 1160 g/mol. The van der Waals surface area contributed by atoms with Crippen LogP contribution in [0.2, 0.25) is 0 Å². The van der Waals surface area contributed by atoms with Crippen LogP contribution in [0.4, 0.5) is 34.1 Å². The van der Waals surface area contributed by atoms with Gasteiger partial charge in [0.25, 0.3) is 0 Å². The minimum absolute atomic E-state index is 0.237. The van der Waals surface area contributed by atoms with Crippen LogP contribution in [0.25, 0.3) is 22.3 Å². The predicted octanol–water partition coefficient (Wildman–Crippen LogP) is 15.4. The maximum absolute atomic E-state index is 15.6. The van der Waals surface area contributed by atoms with Crippen molar-refractivity contribution in [1.82, 2.24) is 0 Å². The maximum Gasteiger partial charge on any atom is 0.340 e. The number of benzene rings is 9. The van der Waals surface area contributed by atoms with Crippen molar-refractivity contribution in [1.29, 1.82) is 0 Å². The molecule has 2 aliphatic heterocycles. The molecule has 0 aliphatic carbocycles. The zero-order valence-corrected chi connectivity index (χ0v) is 56.3. The van der Waals surface area contributed by atoms with Gasteiger partial charge in [0, 0.05) is 156 Å². The Morgan fingerprint density at radius 3 is 0.670 bits per heavy atom. The van der Waals surface area contributed by atoms with Gasteiger partial charge in [0.2, 0.25) is 0 Å². The van der Waals surface area contributed by atoms with E-state index in [2.05, 4.69) is 234 Å². The minimum atomic E-state index is -1.67. The molecule has 0 fully saturated rings. The highest BCUT2D eigenvalue weighted by Crippen LogP contribution is 2.52. The van der Waals surface area contributed by atoms with Crippen LogP contribution in [0, 0.1) is 0 Å². The molecule has 2 heterocycles. The highest BCUT2D eigenvalue weighted by Gasteiger charge is 2.50. The molecule has 0 N–H and O–H groups in total. The number of anilines is 6. The fourth-order valence-electron chi connectivity index (χ4n) is 12.2. The minimum Gasteiger partial charge on any atom is -0.442 e. The molecular formula is C82H82N8O4. The fraction of sp³-hybridized carbons (Fsp3) is 0.195. The number of hydrogen-bond donors (Lipinski definition) is 0. The molecule has 0 radical (unpaired) electrons. The Morgan fingerprint density at radius 2 is 0.489 bits per heavy atom. The first-order valence-electron chi connectivity index (χ1n) is 31.5. The van der Waals surface area contributed by atoms with Gasteiger partial charge in [-0.2, -0.15) is 0 Å². The molecule has 12 nitrogen and oxygen atoms in total. The number of hydrogen-bond acceptors (Lipinski definition) is 12. The average Bonchev–Trinajstić information content (AvgIpc) is 1.54. The predicted molar refractivity (Wildman–Crippen MR) is 393 cm³/mol. The van der Waals surface area contributed by atoms with Gasteiger partial charge in [0.05, 0.1) is 11.1 Å². The summed E-state index contributed by atoms with van der Waals surface area (Å²) in [5.41, 5.74) is 16.5. The van der Waals surface area contributed by atoms with Crippen LogP contribution in [-0.2, 0) is 20.7 Å². The van der Waals surface area contributed by atoms with Crippen LogP contribution in [0.5, 0.6) is 0 Å². The zero-order chi connectivity index (χ0) is 66.6. The first-order valence-corrected chi connectivity index (χ1v) is 31.5. The Bertz CT molecular complexity index is 4040. The molecule has 9 aromatic rings. The topological polar surface area (TPSA) is 96.8 Å². The zero-order valence-electron chi connectivity index (χ0n) is 56.3. The van der Waals surface area contributed by atoms with Gasteiger partial charge in [-0.3, -0.25) is 9.98 Å². The molecule has 12 heteroatoms. The van der Waals surface area contributed by atoms with E-state index in [4.69, 9.17) is 9.47 Å². The van der Waals surface area contributed by atoms with Crippen LogP contribution in [0.3, 0.4) is 0 Å². The summed E-state index contributed by atoms with van der Waals surface area (Å²) in [4.78, 5) is 52.4. The lowest BCUT2D eigenvalue weighted by Crippen LogP contribution is -2.25. The smallest absolute Gasteiger partial charge is 0.340 e. The van der Waals surface area contributed by atoms with Crippen LogP contribution < -0.4 is 29.4 Å². The third-order valence-electron chi connectivity index (χ3n) is 17.6. The molecule has 2 aliphatic rings.